The Hall–Kier alpha value is -0.840. The van der Waals surface area contributed by atoms with Crippen molar-refractivity contribution in [3.05, 3.63) is 22.8 Å². The van der Waals surface area contributed by atoms with Crippen LogP contribution in [0.25, 0.3) is 0 Å². The third kappa shape index (κ3) is 2.70. The minimum absolute atomic E-state index is 0.180. The van der Waals surface area contributed by atoms with E-state index in [1.54, 1.807) is 6.07 Å². The highest BCUT2D eigenvalue weighted by Gasteiger charge is 2.34. The molecule has 0 radical (unpaired) electrons. The van der Waals surface area contributed by atoms with Crippen molar-refractivity contribution in [1.29, 1.82) is 0 Å². The summed E-state index contributed by atoms with van der Waals surface area (Å²) in [6.45, 7) is 4.21. The maximum absolute atomic E-state index is 6.33. The molecule has 2 atom stereocenters. The van der Waals surface area contributed by atoms with Gasteiger partial charge >= 0.3 is 0 Å². The van der Waals surface area contributed by atoms with Gasteiger partial charge in [0.2, 0.25) is 0 Å². The van der Waals surface area contributed by atoms with Crippen molar-refractivity contribution in [2.75, 3.05) is 19.8 Å². The summed E-state index contributed by atoms with van der Waals surface area (Å²) in [7, 11) is 4.02. The predicted octanol–water partition coefficient (Wildman–Crippen LogP) is 2.05. The summed E-state index contributed by atoms with van der Waals surface area (Å²) in [4.78, 5) is 6.16. The van der Waals surface area contributed by atoms with Crippen molar-refractivity contribution in [2.24, 2.45) is 5.73 Å². The number of anilines is 1. The van der Waals surface area contributed by atoms with Crippen molar-refractivity contribution in [1.82, 2.24) is 9.88 Å². The summed E-state index contributed by atoms with van der Waals surface area (Å²) in [5, 5.41) is 0.557. The summed E-state index contributed by atoms with van der Waals surface area (Å²) in [6, 6.07) is 1.57. The standard InChI is InChI=1S/C12H21ClN4/c1-5-12(2,17(3)4)10(14)9-6-8(13)7-16-11(9)15/h6-7,10H,5,14H2,1-4H3,(H2,15,16). The molecular formula is C12H21ClN4. The van der Waals surface area contributed by atoms with E-state index >= 15 is 0 Å². The van der Waals surface area contributed by atoms with Crippen LogP contribution in [0.4, 0.5) is 5.82 Å². The van der Waals surface area contributed by atoms with Crippen LogP contribution in [0.2, 0.25) is 5.02 Å². The van der Waals surface area contributed by atoms with Crippen LogP contribution in [-0.2, 0) is 0 Å². The maximum atomic E-state index is 6.33. The van der Waals surface area contributed by atoms with Crippen LogP contribution >= 0.6 is 11.6 Å². The highest BCUT2D eigenvalue weighted by Crippen LogP contribution is 2.33. The molecule has 0 fully saturated rings. The zero-order chi connectivity index (χ0) is 13.2. The first-order chi connectivity index (χ1) is 7.82. The molecule has 17 heavy (non-hydrogen) atoms. The topological polar surface area (TPSA) is 68.2 Å². The molecule has 1 rings (SSSR count). The molecule has 2 unspecified atom stereocenters. The highest BCUT2D eigenvalue weighted by atomic mass is 35.5. The molecule has 96 valence electrons. The molecule has 0 amide bonds. The van der Waals surface area contributed by atoms with Crippen molar-refractivity contribution in [3.63, 3.8) is 0 Å². The Labute approximate surface area is 108 Å². The van der Waals surface area contributed by atoms with Gasteiger partial charge in [0.25, 0.3) is 0 Å². The number of aromatic nitrogens is 1. The van der Waals surface area contributed by atoms with Gasteiger partial charge in [0, 0.05) is 17.3 Å². The van der Waals surface area contributed by atoms with E-state index in [2.05, 4.69) is 23.7 Å². The molecule has 1 heterocycles. The van der Waals surface area contributed by atoms with Crippen LogP contribution in [-0.4, -0.2) is 29.5 Å². The van der Waals surface area contributed by atoms with Gasteiger partial charge in [0.15, 0.2) is 0 Å². The summed E-state index contributed by atoms with van der Waals surface area (Å²) < 4.78 is 0. The fourth-order valence-corrected chi connectivity index (χ4v) is 2.03. The Morgan fingerprint density at radius 2 is 2.12 bits per heavy atom. The van der Waals surface area contributed by atoms with Crippen molar-refractivity contribution in [2.45, 2.75) is 31.8 Å². The van der Waals surface area contributed by atoms with E-state index in [0.717, 1.165) is 12.0 Å². The summed E-state index contributed by atoms with van der Waals surface area (Å²) >= 11 is 5.95. The van der Waals surface area contributed by atoms with Gasteiger partial charge in [-0.2, -0.15) is 0 Å². The largest absolute Gasteiger partial charge is 0.383 e. The quantitative estimate of drug-likeness (QED) is 0.865. The van der Waals surface area contributed by atoms with E-state index in [-0.39, 0.29) is 11.6 Å². The Morgan fingerprint density at radius 1 is 1.53 bits per heavy atom. The van der Waals surface area contributed by atoms with Crippen molar-refractivity contribution in [3.8, 4) is 0 Å². The fraction of sp³-hybridized carbons (Fsp3) is 0.583. The first-order valence-electron chi connectivity index (χ1n) is 5.66. The molecule has 0 saturated carbocycles. The lowest BCUT2D eigenvalue weighted by atomic mass is 9.84. The van der Waals surface area contributed by atoms with E-state index in [9.17, 15) is 0 Å². The SMILES string of the molecule is CCC(C)(C(N)c1cc(Cl)cnc1N)N(C)C. The van der Waals surface area contributed by atoms with Gasteiger partial charge in [-0.1, -0.05) is 18.5 Å². The predicted molar refractivity (Wildman–Crippen MR) is 73.0 cm³/mol. The number of rotatable bonds is 4. The van der Waals surface area contributed by atoms with Crippen molar-refractivity contribution < 1.29 is 0 Å². The third-order valence-electron chi connectivity index (χ3n) is 3.66. The monoisotopic (exact) mass is 256 g/mol. The lowest BCUT2D eigenvalue weighted by Crippen LogP contribution is -2.49. The second-order valence-electron chi connectivity index (χ2n) is 4.71. The third-order valence-corrected chi connectivity index (χ3v) is 3.87. The number of likely N-dealkylation sites (N-methyl/N-ethyl adjacent to an activating group) is 1. The summed E-state index contributed by atoms with van der Waals surface area (Å²) in [6.07, 6.45) is 2.44. The number of halogens is 1. The van der Waals surface area contributed by atoms with E-state index in [0.29, 0.717) is 10.8 Å². The number of nitrogens with zero attached hydrogens (tertiary/aromatic N) is 2. The van der Waals surface area contributed by atoms with Gasteiger partial charge in [-0.05, 0) is 33.5 Å². The Kier molecular flexibility index (Phi) is 4.36. The summed E-state index contributed by atoms with van der Waals surface area (Å²) in [5.74, 6) is 0.448. The van der Waals surface area contributed by atoms with Gasteiger partial charge in [0.1, 0.15) is 5.82 Å². The molecule has 0 spiro atoms. The van der Waals surface area contributed by atoms with E-state index in [1.807, 2.05) is 14.1 Å². The molecular weight excluding hydrogens is 236 g/mol. The molecule has 0 aliphatic rings. The normalized spacial score (nSPS) is 16.9. The molecule has 0 aliphatic carbocycles. The van der Waals surface area contributed by atoms with Gasteiger partial charge < -0.3 is 16.4 Å². The highest BCUT2D eigenvalue weighted by molar-refractivity contribution is 6.30. The lowest BCUT2D eigenvalue weighted by Gasteiger charge is -2.41. The molecule has 4 N–H and O–H groups in total. The van der Waals surface area contributed by atoms with E-state index in [1.165, 1.54) is 6.20 Å². The van der Waals surface area contributed by atoms with Crippen LogP contribution < -0.4 is 11.5 Å². The molecule has 1 aromatic heterocycles. The molecule has 5 heteroatoms. The number of nitrogen functional groups attached to an aromatic ring is 1. The number of hydrogen-bond acceptors (Lipinski definition) is 4. The average molecular weight is 257 g/mol. The van der Waals surface area contributed by atoms with Crippen LogP contribution in [0, 0.1) is 0 Å². The maximum Gasteiger partial charge on any atom is 0.128 e. The zero-order valence-electron chi connectivity index (χ0n) is 10.9. The Balaban J connectivity index is 3.18. The lowest BCUT2D eigenvalue weighted by molar-refractivity contribution is 0.132. The van der Waals surface area contributed by atoms with E-state index < -0.39 is 0 Å². The number of nitrogens with two attached hydrogens (primary N) is 2. The van der Waals surface area contributed by atoms with Crippen molar-refractivity contribution >= 4 is 17.4 Å². The number of pyridine rings is 1. The average Bonchev–Trinajstić information content (AvgIpc) is 2.30. The molecule has 0 aromatic carbocycles. The van der Waals surface area contributed by atoms with E-state index in [4.69, 9.17) is 23.1 Å². The molecule has 1 aromatic rings. The molecule has 0 saturated heterocycles. The summed E-state index contributed by atoms with van der Waals surface area (Å²) in [5.41, 5.74) is 12.8. The second-order valence-corrected chi connectivity index (χ2v) is 5.15. The van der Waals surface area contributed by atoms with Crippen LogP contribution in [0.3, 0.4) is 0 Å². The zero-order valence-corrected chi connectivity index (χ0v) is 11.6. The van der Waals surface area contributed by atoms with Gasteiger partial charge in [-0.25, -0.2) is 4.98 Å². The molecule has 4 nitrogen and oxygen atoms in total. The molecule has 0 aliphatic heterocycles. The Bertz CT molecular complexity index is 394. The van der Waals surface area contributed by atoms with Gasteiger partial charge in [-0.3, -0.25) is 0 Å². The van der Waals surface area contributed by atoms with Crippen LogP contribution in [0.5, 0.6) is 0 Å². The number of hydrogen-bond donors (Lipinski definition) is 2. The Morgan fingerprint density at radius 3 is 2.59 bits per heavy atom. The second kappa shape index (κ2) is 5.21. The smallest absolute Gasteiger partial charge is 0.128 e. The minimum Gasteiger partial charge on any atom is -0.383 e. The van der Waals surface area contributed by atoms with Crippen LogP contribution in [0.1, 0.15) is 31.9 Å². The first-order valence-corrected chi connectivity index (χ1v) is 6.04. The van der Waals surface area contributed by atoms with Crippen LogP contribution in [0.15, 0.2) is 12.3 Å². The van der Waals surface area contributed by atoms with Gasteiger partial charge in [-0.15, -0.1) is 0 Å². The fourth-order valence-electron chi connectivity index (χ4n) is 1.86. The first kappa shape index (κ1) is 14.2. The molecule has 0 bridgehead atoms. The minimum atomic E-state index is -0.228. The van der Waals surface area contributed by atoms with Gasteiger partial charge in [0.05, 0.1) is 11.1 Å².